The maximum Gasteiger partial charge on any atom is 0.342 e. The van der Waals surface area contributed by atoms with Crippen LogP contribution < -0.4 is 11.1 Å². The minimum atomic E-state index is -0.710. The van der Waals surface area contributed by atoms with E-state index in [0.717, 1.165) is 32.2 Å². The Morgan fingerprint density at radius 2 is 1.87 bits per heavy atom. The summed E-state index contributed by atoms with van der Waals surface area (Å²) in [4.78, 5) is 10.2. The van der Waals surface area contributed by atoms with Crippen LogP contribution in [0.15, 0.2) is 0 Å². The molecule has 0 aromatic rings. The second-order valence-electron chi connectivity index (χ2n) is 3.76. The van der Waals surface area contributed by atoms with Gasteiger partial charge in [0.05, 0.1) is 20.6 Å². The minimum Gasteiger partial charge on any atom is -0.481 e. The molecule has 0 aliphatic carbocycles. The number of nitrogens with one attached hydrogen (secondary N) is 1. The molecule has 0 aromatic carbocycles. The van der Waals surface area contributed by atoms with E-state index in [2.05, 4.69) is 5.32 Å². The van der Waals surface area contributed by atoms with Crippen molar-refractivity contribution in [2.45, 2.75) is 32.1 Å². The summed E-state index contributed by atoms with van der Waals surface area (Å²) in [5.41, 5.74) is 5.65. The number of carboxylic acids is 1. The van der Waals surface area contributed by atoms with Crippen LogP contribution in [0.3, 0.4) is 0 Å². The van der Waals surface area contributed by atoms with Crippen molar-refractivity contribution in [3.05, 3.63) is 0 Å². The summed E-state index contributed by atoms with van der Waals surface area (Å²) >= 11 is 0. The molecule has 0 saturated heterocycles. The molecule has 0 aromatic heterocycles. The molecular weight excluding hydrogens is 194 g/mol. The van der Waals surface area contributed by atoms with Crippen LogP contribution in [0.5, 0.6) is 0 Å². The molecule has 0 atom stereocenters. The van der Waals surface area contributed by atoms with Crippen LogP contribution in [0.25, 0.3) is 0 Å². The van der Waals surface area contributed by atoms with Gasteiger partial charge in [0.2, 0.25) is 0 Å². The third-order valence-corrected chi connectivity index (χ3v) is 2.11. The van der Waals surface area contributed by atoms with Crippen molar-refractivity contribution in [2.24, 2.45) is 5.73 Å². The zero-order chi connectivity index (χ0) is 11.7. The molecule has 0 spiro atoms. The van der Waals surface area contributed by atoms with Gasteiger partial charge in [-0.3, -0.25) is 20.4 Å². The van der Waals surface area contributed by atoms with E-state index in [-0.39, 0.29) is 6.42 Å². The van der Waals surface area contributed by atoms with E-state index in [1.807, 2.05) is 18.7 Å². The molecule has 5 nitrogen and oxygen atoms in total. The lowest BCUT2D eigenvalue weighted by atomic mass is 10.1. The standard InChI is InChI=1S/C10H21N3O2/c1-13(2)10(11)12-8-6-4-3-5-7-9(14)15/h3-8H2,1-2H3,(H3,11,12,14,15)/p+1. The number of hydrogen-bond donors (Lipinski definition) is 3. The first-order valence-electron chi connectivity index (χ1n) is 5.29. The fourth-order valence-corrected chi connectivity index (χ4v) is 1.13. The second kappa shape index (κ2) is 8.08. The van der Waals surface area contributed by atoms with E-state index >= 15 is 0 Å². The lowest BCUT2D eigenvalue weighted by Gasteiger charge is -2.02. The lowest BCUT2D eigenvalue weighted by Crippen LogP contribution is -2.38. The Hall–Kier alpha value is -1.26. The smallest absolute Gasteiger partial charge is 0.342 e. The number of nitrogens with two attached hydrogens (primary N) is 1. The maximum atomic E-state index is 10.2. The molecule has 4 N–H and O–H groups in total. The fourth-order valence-electron chi connectivity index (χ4n) is 1.13. The number of aliphatic carboxylic acids is 1. The Bertz CT molecular complexity index is 223. The number of guanidine groups is 1. The third kappa shape index (κ3) is 9.05. The molecule has 0 bridgehead atoms. The van der Waals surface area contributed by atoms with Gasteiger partial charge in [-0.05, 0) is 12.8 Å². The van der Waals surface area contributed by atoms with Crippen molar-refractivity contribution in [1.82, 2.24) is 5.32 Å². The molecule has 0 unspecified atom stereocenters. The highest BCUT2D eigenvalue weighted by atomic mass is 16.4. The quantitative estimate of drug-likeness (QED) is 0.246. The highest BCUT2D eigenvalue weighted by Gasteiger charge is 1.99. The van der Waals surface area contributed by atoms with Gasteiger partial charge in [-0.15, -0.1) is 0 Å². The Kier molecular flexibility index (Phi) is 7.40. The molecule has 0 amide bonds. The predicted octanol–water partition coefficient (Wildman–Crippen LogP) is 0.198. The van der Waals surface area contributed by atoms with Gasteiger partial charge < -0.3 is 5.11 Å². The number of hydrogen-bond acceptors (Lipinski definition) is 1. The summed E-state index contributed by atoms with van der Waals surface area (Å²) in [5, 5.41) is 11.5. The van der Waals surface area contributed by atoms with Gasteiger partial charge >= 0.3 is 11.9 Å². The van der Waals surface area contributed by atoms with Crippen LogP contribution in [0.2, 0.25) is 0 Å². The highest BCUT2D eigenvalue weighted by Crippen LogP contribution is 2.01. The molecule has 0 fully saturated rings. The summed E-state index contributed by atoms with van der Waals surface area (Å²) in [6.45, 7) is 0.844. The topological polar surface area (TPSA) is 78.4 Å². The van der Waals surface area contributed by atoms with Gasteiger partial charge in [-0.2, -0.15) is 0 Å². The van der Waals surface area contributed by atoms with Gasteiger partial charge in [0, 0.05) is 6.42 Å². The van der Waals surface area contributed by atoms with Gasteiger partial charge in [-0.1, -0.05) is 12.8 Å². The summed E-state index contributed by atoms with van der Waals surface area (Å²) in [5.74, 6) is -0.0427. The van der Waals surface area contributed by atoms with Crippen molar-refractivity contribution in [1.29, 1.82) is 0 Å². The van der Waals surface area contributed by atoms with E-state index in [0.29, 0.717) is 5.96 Å². The zero-order valence-electron chi connectivity index (χ0n) is 9.62. The number of nitrogens with zero attached hydrogens (tertiary/aromatic N) is 1. The zero-order valence-corrected chi connectivity index (χ0v) is 9.62. The summed E-state index contributed by atoms with van der Waals surface area (Å²) in [6.07, 6.45) is 4.08. The average molecular weight is 216 g/mol. The van der Waals surface area contributed by atoms with Gasteiger partial charge in [-0.25, -0.2) is 0 Å². The number of unbranched alkanes of at least 4 members (excludes halogenated alkanes) is 3. The maximum absolute atomic E-state index is 10.2. The number of rotatable bonds is 7. The van der Waals surface area contributed by atoms with Gasteiger partial charge in [0.1, 0.15) is 0 Å². The Morgan fingerprint density at radius 1 is 1.27 bits per heavy atom. The van der Waals surface area contributed by atoms with E-state index in [1.54, 1.807) is 0 Å². The average Bonchev–Trinajstić information content (AvgIpc) is 2.15. The van der Waals surface area contributed by atoms with Crippen molar-refractivity contribution >= 4 is 11.9 Å². The normalized spacial score (nSPS) is 9.73. The molecular formula is C10H22N3O2+. The molecule has 0 saturated carbocycles. The Morgan fingerprint density at radius 3 is 2.40 bits per heavy atom. The van der Waals surface area contributed by atoms with Crippen molar-refractivity contribution < 1.29 is 14.5 Å². The first-order chi connectivity index (χ1) is 7.04. The first kappa shape index (κ1) is 13.7. The van der Waals surface area contributed by atoms with Crippen LogP contribution in [-0.2, 0) is 4.79 Å². The van der Waals surface area contributed by atoms with Crippen LogP contribution in [-0.4, -0.2) is 42.3 Å². The largest absolute Gasteiger partial charge is 0.481 e. The molecule has 0 aliphatic heterocycles. The monoisotopic (exact) mass is 216 g/mol. The minimum absolute atomic E-state index is 0.277. The molecule has 0 rings (SSSR count). The third-order valence-electron chi connectivity index (χ3n) is 2.11. The number of carbonyl (C=O) groups is 1. The molecule has 0 aliphatic rings. The van der Waals surface area contributed by atoms with Crippen molar-refractivity contribution in [3.63, 3.8) is 0 Å². The van der Waals surface area contributed by atoms with E-state index in [4.69, 9.17) is 10.8 Å². The number of carboxylic acid groups (broad SMARTS) is 1. The van der Waals surface area contributed by atoms with Crippen molar-refractivity contribution in [3.8, 4) is 0 Å². The fraction of sp³-hybridized carbons (Fsp3) is 0.800. The molecule has 0 radical (unpaired) electrons. The molecule has 0 heterocycles. The highest BCUT2D eigenvalue weighted by molar-refractivity contribution is 5.72. The Balaban J connectivity index is 3.26. The second-order valence-corrected chi connectivity index (χ2v) is 3.76. The van der Waals surface area contributed by atoms with E-state index < -0.39 is 5.97 Å². The molecule has 15 heavy (non-hydrogen) atoms. The van der Waals surface area contributed by atoms with Crippen LogP contribution in [0, 0.1) is 0 Å². The summed E-state index contributed by atoms with van der Waals surface area (Å²) < 4.78 is 1.82. The van der Waals surface area contributed by atoms with Crippen LogP contribution in [0.1, 0.15) is 32.1 Å². The van der Waals surface area contributed by atoms with Gasteiger partial charge in [0.15, 0.2) is 0 Å². The predicted molar refractivity (Wildman–Crippen MR) is 60.0 cm³/mol. The summed E-state index contributed by atoms with van der Waals surface area (Å²) in [7, 11) is 3.77. The van der Waals surface area contributed by atoms with E-state index in [9.17, 15) is 4.79 Å². The lowest BCUT2D eigenvalue weighted by molar-refractivity contribution is -0.467. The summed E-state index contributed by atoms with van der Waals surface area (Å²) in [6, 6.07) is 0. The molecule has 5 heteroatoms. The van der Waals surface area contributed by atoms with Crippen LogP contribution >= 0.6 is 0 Å². The van der Waals surface area contributed by atoms with Crippen LogP contribution in [0.4, 0.5) is 0 Å². The molecule has 88 valence electrons. The first-order valence-corrected chi connectivity index (χ1v) is 5.29. The van der Waals surface area contributed by atoms with E-state index in [1.165, 1.54) is 0 Å². The van der Waals surface area contributed by atoms with Gasteiger partial charge in [0.25, 0.3) is 0 Å². The Labute approximate surface area is 91.0 Å². The SMILES string of the molecule is C[N+](C)=C(N)NCCCCCCC(=O)O. The van der Waals surface area contributed by atoms with Crippen molar-refractivity contribution in [2.75, 3.05) is 20.6 Å².